The van der Waals surface area contributed by atoms with Crippen LogP contribution in [0.2, 0.25) is 0 Å². The smallest absolute Gasteiger partial charge is 0.251 e. The predicted octanol–water partition coefficient (Wildman–Crippen LogP) is 3.63. The summed E-state index contributed by atoms with van der Waals surface area (Å²) in [6.45, 7) is 5.56. The minimum atomic E-state index is -0.0942. The number of carbonyl (C=O) groups is 1. The molecule has 0 saturated carbocycles. The highest BCUT2D eigenvalue weighted by Gasteiger charge is 2.08. The van der Waals surface area contributed by atoms with Crippen LogP contribution in [0.15, 0.2) is 54.6 Å². The zero-order chi connectivity index (χ0) is 15.8. The van der Waals surface area contributed by atoms with Crippen molar-refractivity contribution in [2.24, 2.45) is 0 Å². The van der Waals surface area contributed by atoms with Crippen molar-refractivity contribution >= 4 is 18.3 Å². The van der Waals surface area contributed by atoms with Crippen molar-refractivity contribution in [2.75, 3.05) is 13.1 Å². The maximum Gasteiger partial charge on any atom is 0.251 e. The van der Waals surface area contributed by atoms with Gasteiger partial charge in [-0.05, 0) is 43.8 Å². The monoisotopic (exact) mass is 334 g/mol. The number of halogens is 1. The van der Waals surface area contributed by atoms with Crippen molar-refractivity contribution < 1.29 is 9.53 Å². The molecule has 0 radical (unpaired) electrons. The fourth-order valence-electron chi connectivity index (χ4n) is 2.09. The quantitative estimate of drug-likeness (QED) is 0.813. The highest BCUT2D eigenvalue weighted by Crippen LogP contribution is 2.21. The number of likely N-dealkylation sites (N-methyl/N-ethyl adjacent to an activating group) is 1. The fourth-order valence-corrected chi connectivity index (χ4v) is 2.09. The molecular formula is C18H23ClN2O2. The Balaban J connectivity index is 0.00000264. The van der Waals surface area contributed by atoms with E-state index < -0.39 is 0 Å². The zero-order valence-corrected chi connectivity index (χ0v) is 14.2. The summed E-state index contributed by atoms with van der Waals surface area (Å²) in [4.78, 5) is 12.2. The van der Waals surface area contributed by atoms with Crippen LogP contribution in [0.25, 0.3) is 0 Å². The Morgan fingerprint density at radius 3 is 2.48 bits per heavy atom. The zero-order valence-electron chi connectivity index (χ0n) is 13.4. The summed E-state index contributed by atoms with van der Waals surface area (Å²) in [5.74, 6) is 1.31. The molecule has 0 aliphatic carbocycles. The molecule has 0 spiro atoms. The van der Waals surface area contributed by atoms with E-state index in [0.717, 1.165) is 12.3 Å². The average molecular weight is 335 g/mol. The third kappa shape index (κ3) is 6.30. The lowest BCUT2D eigenvalue weighted by Gasteiger charge is -2.13. The van der Waals surface area contributed by atoms with E-state index in [9.17, 15) is 4.79 Å². The molecule has 0 bridgehead atoms. The van der Waals surface area contributed by atoms with Crippen molar-refractivity contribution in [1.82, 2.24) is 10.6 Å². The molecule has 0 saturated heterocycles. The molecule has 0 aliphatic rings. The van der Waals surface area contributed by atoms with Gasteiger partial charge in [0, 0.05) is 18.2 Å². The molecule has 1 amide bonds. The Morgan fingerprint density at radius 1 is 1.09 bits per heavy atom. The van der Waals surface area contributed by atoms with Crippen LogP contribution < -0.4 is 15.4 Å². The molecule has 2 aromatic rings. The highest BCUT2D eigenvalue weighted by molar-refractivity contribution is 5.94. The summed E-state index contributed by atoms with van der Waals surface area (Å²) in [6.07, 6.45) is 0. The molecule has 0 heterocycles. The Kier molecular flexibility index (Phi) is 8.16. The molecule has 4 nitrogen and oxygen atoms in total. The number of hydrogen-bond donors (Lipinski definition) is 2. The van der Waals surface area contributed by atoms with Gasteiger partial charge < -0.3 is 15.4 Å². The van der Waals surface area contributed by atoms with Gasteiger partial charge in [0.2, 0.25) is 0 Å². The second-order valence-electron chi connectivity index (χ2n) is 5.11. The molecule has 5 heteroatoms. The van der Waals surface area contributed by atoms with E-state index in [4.69, 9.17) is 4.74 Å². The number of para-hydroxylation sites is 1. The maximum absolute atomic E-state index is 12.2. The minimum absolute atomic E-state index is 0. The van der Waals surface area contributed by atoms with Crippen LogP contribution in [0.1, 0.15) is 24.2 Å². The molecule has 2 rings (SSSR count). The maximum atomic E-state index is 12.2. The molecule has 0 aromatic heterocycles. The van der Waals surface area contributed by atoms with E-state index in [-0.39, 0.29) is 24.4 Å². The van der Waals surface area contributed by atoms with E-state index in [1.54, 1.807) is 12.1 Å². The molecule has 2 N–H and O–H groups in total. The lowest BCUT2D eigenvalue weighted by atomic mass is 10.2. The van der Waals surface area contributed by atoms with Gasteiger partial charge in [0.25, 0.3) is 5.91 Å². The Hall–Kier alpha value is -2.04. The van der Waals surface area contributed by atoms with Crippen LogP contribution in [0.4, 0.5) is 0 Å². The normalized spacial score (nSPS) is 11.2. The molecular weight excluding hydrogens is 312 g/mol. The van der Waals surface area contributed by atoms with Gasteiger partial charge in [-0.2, -0.15) is 0 Å². The van der Waals surface area contributed by atoms with Crippen LogP contribution in [-0.2, 0) is 0 Å². The third-order valence-corrected chi connectivity index (χ3v) is 3.20. The van der Waals surface area contributed by atoms with Gasteiger partial charge in [-0.3, -0.25) is 4.79 Å². The van der Waals surface area contributed by atoms with Crippen molar-refractivity contribution in [3.8, 4) is 11.5 Å². The van der Waals surface area contributed by atoms with Crippen molar-refractivity contribution in [2.45, 2.75) is 19.9 Å². The van der Waals surface area contributed by atoms with Gasteiger partial charge in [-0.25, -0.2) is 0 Å². The van der Waals surface area contributed by atoms with E-state index >= 15 is 0 Å². The number of ether oxygens (including phenoxy) is 1. The van der Waals surface area contributed by atoms with Crippen molar-refractivity contribution in [3.05, 3.63) is 60.2 Å². The molecule has 1 atom stereocenters. The van der Waals surface area contributed by atoms with Crippen LogP contribution in [0.5, 0.6) is 11.5 Å². The number of carbonyl (C=O) groups excluding carboxylic acids is 1. The summed E-state index contributed by atoms with van der Waals surface area (Å²) in [5.41, 5.74) is 0.595. The van der Waals surface area contributed by atoms with Gasteiger partial charge in [-0.1, -0.05) is 31.2 Å². The number of amides is 1. The summed E-state index contributed by atoms with van der Waals surface area (Å²) < 4.78 is 5.74. The first-order chi connectivity index (χ1) is 10.7. The first-order valence-corrected chi connectivity index (χ1v) is 7.53. The Labute approximate surface area is 143 Å². The van der Waals surface area contributed by atoms with Crippen LogP contribution in [-0.4, -0.2) is 25.0 Å². The highest BCUT2D eigenvalue weighted by atomic mass is 35.5. The molecule has 0 fully saturated rings. The van der Waals surface area contributed by atoms with Gasteiger partial charge in [0.15, 0.2) is 0 Å². The summed E-state index contributed by atoms with van der Waals surface area (Å²) in [5, 5.41) is 6.17. The molecule has 2 aromatic carbocycles. The van der Waals surface area contributed by atoms with Crippen LogP contribution >= 0.6 is 12.4 Å². The SMILES string of the molecule is CCN[C@H](C)CNC(=O)c1cccc(Oc2ccccc2)c1.Cl. The Morgan fingerprint density at radius 2 is 1.78 bits per heavy atom. The Bertz CT molecular complexity index is 605. The number of hydrogen-bond acceptors (Lipinski definition) is 3. The molecule has 124 valence electrons. The molecule has 0 aliphatic heterocycles. The van der Waals surface area contributed by atoms with Gasteiger partial charge in [0.05, 0.1) is 0 Å². The van der Waals surface area contributed by atoms with Crippen molar-refractivity contribution in [1.29, 1.82) is 0 Å². The molecule has 0 unspecified atom stereocenters. The largest absolute Gasteiger partial charge is 0.457 e. The number of benzene rings is 2. The predicted molar refractivity (Wildman–Crippen MR) is 95.7 cm³/mol. The summed E-state index contributed by atoms with van der Waals surface area (Å²) in [7, 11) is 0. The second-order valence-corrected chi connectivity index (χ2v) is 5.11. The standard InChI is InChI=1S/C18H22N2O2.ClH/c1-3-19-14(2)13-20-18(21)15-8-7-11-17(12-15)22-16-9-5-4-6-10-16;/h4-12,14,19H,3,13H2,1-2H3,(H,20,21);1H/t14-;/m1./s1. The minimum Gasteiger partial charge on any atom is -0.457 e. The van der Waals surface area contributed by atoms with E-state index in [0.29, 0.717) is 17.9 Å². The summed E-state index contributed by atoms with van der Waals surface area (Å²) >= 11 is 0. The number of rotatable bonds is 7. The van der Waals surface area contributed by atoms with Gasteiger partial charge in [-0.15, -0.1) is 12.4 Å². The molecule has 23 heavy (non-hydrogen) atoms. The van der Waals surface area contributed by atoms with Gasteiger partial charge in [0.1, 0.15) is 11.5 Å². The number of nitrogens with one attached hydrogen (secondary N) is 2. The first kappa shape index (κ1) is 19.0. The fraction of sp³-hybridized carbons (Fsp3) is 0.278. The topological polar surface area (TPSA) is 50.4 Å². The first-order valence-electron chi connectivity index (χ1n) is 7.53. The second kappa shape index (κ2) is 9.87. The van der Waals surface area contributed by atoms with Crippen molar-refractivity contribution in [3.63, 3.8) is 0 Å². The van der Waals surface area contributed by atoms with Crippen LogP contribution in [0.3, 0.4) is 0 Å². The van der Waals surface area contributed by atoms with Gasteiger partial charge >= 0.3 is 0 Å². The third-order valence-electron chi connectivity index (χ3n) is 3.20. The lowest BCUT2D eigenvalue weighted by Crippen LogP contribution is -2.38. The van der Waals surface area contributed by atoms with E-state index in [1.807, 2.05) is 56.3 Å². The van der Waals surface area contributed by atoms with Crippen LogP contribution in [0, 0.1) is 0 Å². The summed E-state index contributed by atoms with van der Waals surface area (Å²) in [6, 6.07) is 17.0. The van der Waals surface area contributed by atoms with E-state index in [2.05, 4.69) is 10.6 Å². The lowest BCUT2D eigenvalue weighted by molar-refractivity contribution is 0.0950. The average Bonchev–Trinajstić information content (AvgIpc) is 2.54. The van der Waals surface area contributed by atoms with E-state index in [1.165, 1.54) is 0 Å².